The topological polar surface area (TPSA) is 0 Å². The second kappa shape index (κ2) is 3.04. The first-order chi connectivity index (χ1) is 5.46. The van der Waals surface area contributed by atoms with Gasteiger partial charge in [0, 0.05) is 0 Å². The molecule has 0 bridgehead atoms. The van der Waals surface area contributed by atoms with Crippen molar-refractivity contribution < 1.29 is 4.39 Å². The van der Waals surface area contributed by atoms with Crippen LogP contribution in [0, 0.1) is 11.3 Å². The van der Waals surface area contributed by atoms with E-state index in [0.29, 0.717) is 5.92 Å². The summed E-state index contributed by atoms with van der Waals surface area (Å²) in [5.41, 5.74) is 0.803. The molecule has 0 saturated heterocycles. The highest BCUT2D eigenvalue weighted by Crippen LogP contribution is 2.39. The molecule has 0 aliphatic heterocycles. The van der Waals surface area contributed by atoms with Crippen molar-refractivity contribution >= 4 is 0 Å². The van der Waals surface area contributed by atoms with Crippen LogP contribution in [0.5, 0.6) is 0 Å². The molecule has 1 aliphatic rings. The molecule has 0 aromatic carbocycles. The fourth-order valence-corrected chi connectivity index (χ4v) is 1.34. The minimum atomic E-state index is -0.0440. The number of rotatable bonds is 1. The maximum Gasteiger partial charge on any atom is 0.122 e. The molecule has 0 N–H and O–H groups in total. The van der Waals surface area contributed by atoms with Gasteiger partial charge in [-0.1, -0.05) is 26.8 Å². The van der Waals surface area contributed by atoms with E-state index in [0.717, 1.165) is 12.0 Å². The predicted octanol–water partition coefficient (Wildman–Crippen LogP) is 3.85. The number of hydrogen-bond donors (Lipinski definition) is 0. The first-order valence-electron chi connectivity index (χ1n) is 4.51. The Kier molecular flexibility index (Phi) is 2.41. The van der Waals surface area contributed by atoms with Crippen LogP contribution in [0.3, 0.4) is 0 Å². The normalized spacial score (nSPS) is 30.2. The van der Waals surface area contributed by atoms with E-state index < -0.39 is 0 Å². The van der Waals surface area contributed by atoms with Gasteiger partial charge in [-0.05, 0) is 36.3 Å². The smallest absolute Gasteiger partial charge is 0.122 e. The molecule has 0 saturated carbocycles. The molecule has 0 nitrogen and oxygen atoms in total. The second-order valence-corrected chi connectivity index (χ2v) is 4.24. The fourth-order valence-electron chi connectivity index (χ4n) is 1.34. The van der Waals surface area contributed by atoms with E-state index in [2.05, 4.69) is 20.8 Å². The number of halogens is 1. The van der Waals surface area contributed by atoms with Crippen molar-refractivity contribution in [2.75, 3.05) is 0 Å². The van der Waals surface area contributed by atoms with Gasteiger partial charge in [0.05, 0.1) is 0 Å². The van der Waals surface area contributed by atoms with Gasteiger partial charge in [0.2, 0.25) is 0 Å². The Morgan fingerprint density at radius 3 is 2.50 bits per heavy atom. The average Bonchev–Trinajstić information content (AvgIpc) is 1.97. The third-order valence-corrected chi connectivity index (χ3v) is 3.00. The zero-order valence-electron chi connectivity index (χ0n) is 8.32. The van der Waals surface area contributed by atoms with Crippen LogP contribution >= 0.6 is 0 Å². The first kappa shape index (κ1) is 9.50. The van der Waals surface area contributed by atoms with Crippen molar-refractivity contribution in [1.29, 1.82) is 0 Å². The number of allylic oxidation sites excluding steroid dienone is 4. The van der Waals surface area contributed by atoms with Gasteiger partial charge < -0.3 is 0 Å². The van der Waals surface area contributed by atoms with Crippen LogP contribution in [0.4, 0.5) is 4.39 Å². The van der Waals surface area contributed by atoms with Crippen molar-refractivity contribution in [3.8, 4) is 0 Å². The number of hydrogen-bond acceptors (Lipinski definition) is 0. The van der Waals surface area contributed by atoms with Crippen molar-refractivity contribution in [2.24, 2.45) is 11.3 Å². The molecule has 0 spiro atoms. The largest absolute Gasteiger partial charge is 0.207 e. The van der Waals surface area contributed by atoms with Crippen LogP contribution in [-0.2, 0) is 0 Å². The molecule has 1 heteroatoms. The summed E-state index contributed by atoms with van der Waals surface area (Å²) in [5.74, 6) is 0.449. The highest BCUT2D eigenvalue weighted by Gasteiger charge is 2.28. The van der Waals surface area contributed by atoms with E-state index in [4.69, 9.17) is 0 Å². The quantitative estimate of drug-likeness (QED) is 0.558. The van der Waals surface area contributed by atoms with Crippen molar-refractivity contribution in [3.05, 3.63) is 23.6 Å². The van der Waals surface area contributed by atoms with E-state index in [1.807, 2.05) is 13.0 Å². The van der Waals surface area contributed by atoms with Crippen LogP contribution in [0.25, 0.3) is 0 Å². The summed E-state index contributed by atoms with van der Waals surface area (Å²) >= 11 is 0. The molecule has 1 unspecified atom stereocenters. The summed E-state index contributed by atoms with van der Waals surface area (Å²) in [4.78, 5) is 0. The lowest BCUT2D eigenvalue weighted by Crippen LogP contribution is -2.22. The lowest BCUT2D eigenvalue weighted by Gasteiger charge is -2.32. The maximum atomic E-state index is 13.2. The molecule has 0 amide bonds. The molecule has 0 heterocycles. The molecule has 0 aromatic heterocycles. The van der Waals surface area contributed by atoms with Crippen molar-refractivity contribution in [1.82, 2.24) is 0 Å². The monoisotopic (exact) mass is 168 g/mol. The van der Waals surface area contributed by atoms with Crippen molar-refractivity contribution in [2.45, 2.75) is 34.1 Å². The van der Waals surface area contributed by atoms with Crippen molar-refractivity contribution in [3.63, 3.8) is 0 Å². The van der Waals surface area contributed by atoms with Gasteiger partial charge in [-0.25, -0.2) is 4.39 Å². The molecule has 12 heavy (non-hydrogen) atoms. The third-order valence-electron chi connectivity index (χ3n) is 3.00. The van der Waals surface area contributed by atoms with Gasteiger partial charge in [-0.2, -0.15) is 0 Å². The SMILES string of the molecule is CC1=CCC(C)(C(C)C)C=C1F. The third kappa shape index (κ3) is 1.60. The van der Waals surface area contributed by atoms with Crippen LogP contribution in [-0.4, -0.2) is 0 Å². The minimum Gasteiger partial charge on any atom is -0.207 e. The van der Waals surface area contributed by atoms with Gasteiger partial charge in [0.25, 0.3) is 0 Å². The van der Waals surface area contributed by atoms with Crippen LogP contribution < -0.4 is 0 Å². The molecule has 0 aromatic rings. The van der Waals surface area contributed by atoms with E-state index >= 15 is 0 Å². The molecule has 1 atom stereocenters. The Hall–Kier alpha value is -0.590. The average molecular weight is 168 g/mol. The molecule has 0 fully saturated rings. The summed E-state index contributed by atoms with van der Waals surface area (Å²) in [5, 5.41) is 0. The Bertz CT molecular complexity index is 235. The molecule has 1 aliphatic carbocycles. The van der Waals surface area contributed by atoms with Gasteiger partial charge in [0.1, 0.15) is 5.83 Å². The standard InChI is InChI=1S/C11H17F/c1-8(2)11(4)6-5-9(3)10(12)7-11/h5,7-8H,6H2,1-4H3. The van der Waals surface area contributed by atoms with Gasteiger partial charge in [0.15, 0.2) is 0 Å². The van der Waals surface area contributed by atoms with Gasteiger partial charge >= 0.3 is 0 Å². The lowest BCUT2D eigenvalue weighted by atomic mass is 9.73. The zero-order chi connectivity index (χ0) is 9.35. The summed E-state index contributed by atoms with van der Waals surface area (Å²) in [6, 6.07) is 0. The van der Waals surface area contributed by atoms with Crippen LogP contribution in [0.1, 0.15) is 34.1 Å². The lowest BCUT2D eigenvalue weighted by molar-refractivity contribution is 0.290. The van der Waals surface area contributed by atoms with Gasteiger partial charge in [-0.3, -0.25) is 0 Å². The second-order valence-electron chi connectivity index (χ2n) is 4.24. The summed E-state index contributed by atoms with van der Waals surface area (Å²) in [7, 11) is 0. The van der Waals surface area contributed by atoms with E-state index in [-0.39, 0.29) is 11.2 Å². The molecule has 1 rings (SSSR count). The highest BCUT2D eigenvalue weighted by molar-refractivity contribution is 5.30. The molecule has 68 valence electrons. The molecular weight excluding hydrogens is 151 g/mol. The first-order valence-corrected chi connectivity index (χ1v) is 4.51. The summed E-state index contributed by atoms with van der Waals surface area (Å²) < 4.78 is 13.2. The Morgan fingerprint density at radius 1 is 1.50 bits per heavy atom. The Labute approximate surface area is 74.2 Å². The maximum absolute atomic E-state index is 13.2. The zero-order valence-corrected chi connectivity index (χ0v) is 8.32. The Balaban J connectivity index is 2.90. The van der Waals surface area contributed by atoms with Gasteiger partial charge in [-0.15, -0.1) is 0 Å². The Morgan fingerprint density at radius 2 is 2.08 bits per heavy atom. The highest BCUT2D eigenvalue weighted by atomic mass is 19.1. The van der Waals surface area contributed by atoms with E-state index in [1.54, 1.807) is 6.08 Å². The molecular formula is C11H17F. The summed E-state index contributed by atoms with van der Waals surface area (Å²) in [6.07, 6.45) is 4.73. The van der Waals surface area contributed by atoms with Crippen LogP contribution in [0.2, 0.25) is 0 Å². The summed E-state index contributed by atoms with van der Waals surface area (Å²) in [6.45, 7) is 8.21. The van der Waals surface area contributed by atoms with E-state index in [1.165, 1.54) is 0 Å². The van der Waals surface area contributed by atoms with Crippen LogP contribution in [0.15, 0.2) is 23.6 Å². The molecule has 0 radical (unpaired) electrons. The van der Waals surface area contributed by atoms with E-state index in [9.17, 15) is 4.39 Å². The minimum absolute atomic E-state index is 0.0175. The fraction of sp³-hybridized carbons (Fsp3) is 0.636. The predicted molar refractivity (Wildman–Crippen MR) is 50.5 cm³/mol.